The van der Waals surface area contributed by atoms with E-state index in [0.29, 0.717) is 34.5 Å². The van der Waals surface area contributed by atoms with Crippen LogP contribution in [0.2, 0.25) is 0 Å². The van der Waals surface area contributed by atoms with Crippen LogP contribution in [0.3, 0.4) is 0 Å². The second-order valence-corrected chi connectivity index (χ2v) is 9.41. The van der Waals surface area contributed by atoms with Gasteiger partial charge in [0.05, 0.1) is 37.8 Å². The largest absolute Gasteiger partial charge is 0.497 e. The SMILES string of the molecule is COc1cc(Nc2ncncc2-c2cc(Nc3ccc(CN4CCN(CCO)CC4)cn3)ncn2)c(F)c(OC)c1. The zero-order valence-electron chi connectivity index (χ0n) is 22.9. The second-order valence-electron chi connectivity index (χ2n) is 9.41. The Hall–Kier alpha value is -4.46. The van der Waals surface area contributed by atoms with Crippen molar-refractivity contribution in [1.29, 1.82) is 0 Å². The first-order valence-electron chi connectivity index (χ1n) is 13.1. The summed E-state index contributed by atoms with van der Waals surface area (Å²) in [4.78, 5) is 26.4. The van der Waals surface area contributed by atoms with E-state index in [-0.39, 0.29) is 18.0 Å². The van der Waals surface area contributed by atoms with Crippen molar-refractivity contribution in [2.24, 2.45) is 0 Å². The van der Waals surface area contributed by atoms with E-state index in [1.54, 1.807) is 12.3 Å². The van der Waals surface area contributed by atoms with Crippen molar-refractivity contribution in [3.8, 4) is 22.8 Å². The lowest BCUT2D eigenvalue weighted by atomic mass is 10.2. The number of β-amino-alcohol motifs (C(OH)–C–C–N with tert-alkyl or cyclic N) is 1. The van der Waals surface area contributed by atoms with Crippen LogP contribution < -0.4 is 20.1 Å². The van der Waals surface area contributed by atoms with Crippen molar-refractivity contribution < 1.29 is 19.0 Å². The Morgan fingerprint density at radius 2 is 1.71 bits per heavy atom. The van der Waals surface area contributed by atoms with Crippen LogP contribution >= 0.6 is 0 Å². The summed E-state index contributed by atoms with van der Waals surface area (Å²) in [6.45, 7) is 5.57. The number of piperazine rings is 1. The summed E-state index contributed by atoms with van der Waals surface area (Å²) in [5.74, 6) is 1.39. The third-order valence-corrected chi connectivity index (χ3v) is 6.74. The van der Waals surface area contributed by atoms with E-state index in [1.165, 1.54) is 39.0 Å². The highest BCUT2D eigenvalue weighted by atomic mass is 19.1. The van der Waals surface area contributed by atoms with E-state index in [4.69, 9.17) is 14.6 Å². The summed E-state index contributed by atoms with van der Waals surface area (Å²) in [5, 5.41) is 15.3. The molecule has 1 aliphatic rings. The summed E-state index contributed by atoms with van der Waals surface area (Å²) in [7, 11) is 2.88. The molecule has 0 unspecified atom stereocenters. The smallest absolute Gasteiger partial charge is 0.188 e. The van der Waals surface area contributed by atoms with Gasteiger partial charge in [0.2, 0.25) is 0 Å². The molecule has 3 N–H and O–H groups in total. The molecule has 3 aromatic heterocycles. The number of nitrogens with zero attached hydrogens (tertiary/aromatic N) is 7. The third-order valence-electron chi connectivity index (χ3n) is 6.74. The van der Waals surface area contributed by atoms with Gasteiger partial charge in [-0.3, -0.25) is 9.80 Å². The highest BCUT2D eigenvalue weighted by Crippen LogP contribution is 2.34. The number of hydrogen-bond acceptors (Lipinski definition) is 12. The quantitative estimate of drug-likeness (QED) is 0.248. The lowest BCUT2D eigenvalue weighted by Gasteiger charge is -2.34. The lowest BCUT2D eigenvalue weighted by molar-refractivity contribution is 0.108. The lowest BCUT2D eigenvalue weighted by Crippen LogP contribution is -2.46. The molecule has 13 heteroatoms. The molecule has 41 heavy (non-hydrogen) atoms. The molecule has 1 aromatic carbocycles. The van der Waals surface area contributed by atoms with Crippen LogP contribution in [-0.4, -0.2) is 93.4 Å². The number of halogens is 1. The van der Waals surface area contributed by atoms with Crippen LogP contribution in [0, 0.1) is 5.82 Å². The number of pyridine rings is 1. The topological polar surface area (TPSA) is 134 Å². The van der Waals surface area contributed by atoms with Gasteiger partial charge >= 0.3 is 0 Å². The van der Waals surface area contributed by atoms with Crippen LogP contribution in [-0.2, 0) is 6.54 Å². The highest BCUT2D eigenvalue weighted by molar-refractivity contribution is 5.77. The van der Waals surface area contributed by atoms with E-state index >= 15 is 0 Å². The molecule has 0 radical (unpaired) electrons. The summed E-state index contributed by atoms with van der Waals surface area (Å²) in [5.41, 5.74) is 2.32. The highest BCUT2D eigenvalue weighted by Gasteiger charge is 2.18. The second kappa shape index (κ2) is 13.3. The normalized spacial score (nSPS) is 14.0. The molecule has 1 saturated heterocycles. The Morgan fingerprint density at radius 1 is 0.878 bits per heavy atom. The van der Waals surface area contributed by atoms with E-state index in [1.807, 2.05) is 18.3 Å². The zero-order valence-corrected chi connectivity index (χ0v) is 22.9. The maximum atomic E-state index is 15.0. The minimum atomic E-state index is -0.582. The summed E-state index contributed by atoms with van der Waals surface area (Å²) in [6.07, 6.45) is 6.23. The van der Waals surface area contributed by atoms with E-state index in [0.717, 1.165) is 44.8 Å². The molecule has 12 nitrogen and oxygen atoms in total. The number of aromatic nitrogens is 5. The molecule has 1 aliphatic heterocycles. The summed E-state index contributed by atoms with van der Waals surface area (Å²) >= 11 is 0. The molecule has 0 aliphatic carbocycles. The number of aliphatic hydroxyl groups excluding tert-OH is 1. The predicted molar refractivity (Wildman–Crippen MR) is 152 cm³/mol. The van der Waals surface area contributed by atoms with Gasteiger partial charge in [0.1, 0.15) is 35.9 Å². The average Bonchev–Trinajstić information content (AvgIpc) is 3.01. The maximum absolute atomic E-state index is 15.0. The minimum Gasteiger partial charge on any atom is -0.497 e. The monoisotopic (exact) mass is 561 g/mol. The molecule has 4 heterocycles. The first kappa shape index (κ1) is 28.1. The van der Waals surface area contributed by atoms with E-state index in [9.17, 15) is 4.39 Å². The molecular formula is C28H32FN9O3. The Bertz CT molecular complexity index is 1450. The summed E-state index contributed by atoms with van der Waals surface area (Å²) in [6, 6.07) is 8.68. The van der Waals surface area contributed by atoms with Crippen LogP contribution in [0.15, 0.2) is 55.4 Å². The van der Waals surface area contributed by atoms with Crippen molar-refractivity contribution in [2.45, 2.75) is 6.54 Å². The predicted octanol–water partition coefficient (Wildman–Crippen LogP) is 3.08. The number of anilines is 4. The van der Waals surface area contributed by atoms with Gasteiger partial charge in [-0.05, 0) is 11.6 Å². The number of aliphatic hydroxyl groups is 1. The third kappa shape index (κ3) is 7.01. The van der Waals surface area contributed by atoms with E-state index < -0.39 is 5.82 Å². The summed E-state index contributed by atoms with van der Waals surface area (Å²) < 4.78 is 25.4. The standard InChI is InChI=1S/C28H32FN9O3/c1-40-20-11-23(27(29)24(12-20)41-2)35-28-21(15-30-17-34-28)22-13-26(33-18-32-22)36-25-4-3-19(14-31-25)16-38-7-5-37(6-8-38)9-10-39/h3-4,11-15,17-18,39H,5-10,16H2,1-2H3,(H,30,34,35)(H,31,32,33,36). The number of hydrogen-bond donors (Lipinski definition) is 3. The Kier molecular flexibility index (Phi) is 9.08. The van der Waals surface area contributed by atoms with Gasteiger partial charge in [-0.25, -0.2) is 29.3 Å². The fraction of sp³-hybridized carbons (Fsp3) is 0.321. The van der Waals surface area contributed by atoms with Crippen LogP contribution in [0.5, 0.6) is 11.5 Å². The first-order chi connectivity index (χ1) is 20.1. The molecule has 0 atom stereocenters. The molecule has 0 bridgehead atoms. The number of methoxy groups -OCH3 is 2. The maximum Gasteiger partial charge on any atom is 0.188 e. The number of ether oxygens (including phenoxy) is 2. The van der Waals surface area contributed by atoms with Gasteiger partial charge in [-0.1, -0.05) is 6.07 Å². The van der Waals surface area contributed by atoms with Crippen LogP contribution in [0.25, 0.3) is 11.3 Å². The number of benzene rings is 1. The molecule has 1 fully saturated rings. The average molecular weight is 562 g/mol. The van der Waals surface area contributed by atoms with Gasteiger partial charge in [0.15, 0.2) is 11.6 Å². The van der Waals surface area contributed by atoms with Gasteiger partial charge in [0, 0.05) is 69.9 Å². The Labute approximate surface area is 237 Å². The van der Waals surface area contributed by atoms with Gasteiger partial charge < -0.3 is 25.2 Å². The molecule has 0 spiro atoms. The first-order valence-corrected chi connectivity index (χ1v) is 13.1. The molecule has 5 rings (SSSR count). The van der Waals surface area contributed by atoms with Crippen LogP contribution in [0.4, 0.5) is 27.5 Å². The van der Waals surface area contributed by atoms with Gasteiger partial charge in [-0.2, -0.15) is 0 Å². The molecule has 0 amide bonds. The molecule has 214 valence electrons. The zero-order chi connectivity index (χ0) is 28.6. The number of nitrogens with one attached hydrogen (secondary N) is 2. The van der Waals surface area contributed by atoms with Crippen LogP contribution in [0.1, 0.15) is 5.56 Å². The van der Waals surface area contributed by atoms with Crippen molar-refractivity contribution in [1.82, 2.24) is 34.7 Å². The van der Waals surface area contributed by atoms with Crippen molar-refractivity contribution >= 4 is 23.1 Å². The van der Waals surface area contributed by atoms with Gasteiger partial charge in [0.25, 0.3) is 0 Å². The molecule has 0 saturated carbocycles. The fourth-order valence-electron chi connectivity index (χ4n) is 4.54. The minimum absolute atomic E-state index is 0.0371. The van der Waals surface area contributed by atoms with Crippen molar-refractivity contribution in [2.75, 3.05) is 64.2 Å². The van der Waals surface area contributed by atoms with E-state index in [2.05, 4.69) is 45.4 Å². The van der Waals surface area contributed by atoms with Gasteiger partial charge in [-0.15, -0.1) is 0 Å². The Balaban J connectivity index is 1.28. The Morgan fingerprint density at radius 3 is 2.44 bits per heavy atom. The van der Waals surface area contributed by atoms with Crippen molar-refractivity contribution in [3.05, 3.63) is 66.8 Å². The fourth-order valence-corrected chi connectivity index (χ4v) is 4.54. The molecule has 4 aromatic rings. The van der Waals surface area contributed by atoms with Crippen molar-refractivity contribution in [3.63, 3.8) is 0 Å². The molecular weight excluding hydrogens is 529 g/mol. The number of rotatable bonds is 11.